The van der Waals surface area contributed by atoms with E-state index in [-0.39, 0.29) is 6.29 Å². The molecule has 1 fully saturated rings. The average molecular weight is 591 g/mol. The van der Waals surface area contributed by atoms with Crippen LogP contribution in [0.15, 0.2) is 48.5 Å². The van der Waals surface area contributed by atoms with Crippen LogP contribution in [0.25, 0.3) is 5.69 Å². The lowest BCUT2D eigenvalue weighted by atomic mass is 10.1. The SMILES string of the molecule is CC(NC(=O)OC(C)(C)C)c1cc(Cc2ccc(OCCOC3CCCCO3)cc2)n(-c2ccc(Cl)cc2Cl)n1. The Morgan fingerprint density at radius 3 is 2.58 bits per heavy atom. The molecule has 2 atom stereocenters. The van der Waals surface area contributed by atoms with Gasteiger partial charge < -0.3 is 24.3 Å². The van der Waals surface area contributed by atoms with Crippen molar-refractivity contribution < 1.29 is 23.7 Å². The van der Waals surface area contributed by atoms with E-state index in [2.05, 4.69) is 5.32 Å². The maximum Gasteiger partial charge on any atom is 0.408 e. The van der Waals surface area contributed by atoms with Crippen LogP contribution in [0.2, 0.25) is 10.0 Å². The molecule has 2 unspecified atom stereocenters. The van der Waals surface area contributed by atoms with Gasteiger partial charge in [-0.3, -0.25) is 0 Å². The first-order valence-corrected chi connectivity index (χ1v) is 14.3. The van der Waals surface area contributed by atoms with Gasteiger partial charge in [0.25, 0.3) is 0 Å². The second-order valence-electron chi connectivity index (χ2n) is 10.8. The highest BCUT2D eigenvalue weighted by atomic mass is 35.5. The summed E-state index contributed by atoms with van der Waals surface area (Å²) in [5.41, 5.74) is 2.72. The van der Waals surface area contributed by atoms with Crippen molar-refractivity contribution in [3.63, 3.8) is 0 Å². The standard InChI is InChI=1S/C30H37Cl2N3O5/c1-20(33-29(36)40-30(2,3)4)26-19-23(35(34-26)27-13-10-22(31)18-25(27)32)17-21-8-11-24(12-9-21)37-15-16-39-28-7-5-6-14-38-28/h8-13,18-20,28H,5-7,14-17H2,1-4H3,(H,33,36). The number of amides is 1. The molecule has 2 aromatic carbocycles. The molecule has 1 amide bonds. The van der Waals surface area contributed by atoms with Crippen LogP contribution in [0.3, 0.4) is 0 Å². The Morgan fingerprint density at radius 1 is 1.12 bits per heavy atom. The maximum absolute atomic E-state index is 12.4. The molecule has 0 bridgehead atoms. The van der Waals surface area contributed by atoms with Crippen molar-refractivity contribution >= 4 is 29.3 Å². The summed E-state index contributed by atoms with van der Waals surface area (Å²) in [5, 5.41) is 8.66. The van der Waals surface area contributed by atoms with Crippen molar-refractivity contribution in [2.24, 2.45) is 0 Å². The molecule has 8 nitrogen and oxygen atoms in total. The lowest BCUT2D eigenvalue weighted by Gasteiger charge is -2.22. The van der Waals surface area contributed by atoms with E-state index in [0.29, 0.717) is 41.1 Å². The molecule has 1 aliphatic rings. The summed E-state index contributed by atoms with van der Waals surface area (Å²) < 4.78 is 24.4. The van der Waals surface area contributed by atoms with Crippen LogP contribution >= 0.6 is 23.2 Å². The zero-order valence-corrected chi connectivity index (χ0v) is 24.9. The molecule has 40 heavy (non-hydrogen) atoms. The third-order valence-corrected chi connectivity index (χ3v) is 6.76. The summed E-state index contributed by atoms with van der Waals surface area (Å²) in [5.74, 6) is 0.766. The number of rotatable bonds is 10. The van der Waals surface area contributed by atoms with Crippen molar-refractivity contribution in [2.75, 3.05) is 19.8 Å². The van der Waals surface area contributed by atoms with Crippen molar-refractivity contribution in [3.05, 3.63) is 75.5 Å². The molecule has 4 rings (SSSR count). The Morgan fingerprint density at radius 2 is 1.90 bits per heavy atom. The fourth-order valence-electron chi connectivity index (χ4n) is 4.29. The number of nitrogens with zero attached hydrogens (tertiary/aromatic N) is 2. The number of carbonyl (C=O) groups excluding carboxylic acids is 1. The van der Waals surface area contributed by atoms with E-state index in [1.165, 1.54) is 0 Å². The molecule has 0 aliphatic carbocycles. The predicted octanol–water partition coefficient (Wildman–Crippen LogP) is 7.28. The third-order valence-electron chi connectivity index (χ3n) is 6.22. The Bertz CT molecular complexity index is 1270. The van der Waals surface area contributed by atoms with Crippen LogP contribution in [-0.2, 0) is 20.6 Å². The number of halogens is 2. The van der Waals surface area contributed by atoms with Gasteiger partial charge in [-0.05, 0) is 88.9 Å². The van der Waals surface area contributed by atoms with Crippen LogP contribution in [-0.4, -0.2) is 47.6 Å². The van der Waals surface area contributed by atoms with E-state index < -0.39 is 17.7 Å². The molecular weight excluding hydrogens is 553 g/mol. The number of nitrogens with one attached hydrogen (secondary N) is 1. The highest BCUT2D eigenvalue weighted by molar-refractivity contribution is 6.35. The second kappa shape index (κ2) is 13.7. The maximum atomic E-state index is 12.4. The van der Waals surface area contributed by atoms with Crippen LogP contribution in [0.5, 0.6) is 5.75 Å². The molecule has 3 aromatic rings. The lowest BCUT2D eigenvalue weighted by molar-refractivity contribution is -0.165. The summed E-state index contributed by atoms with van der Waals surface area (Å²) in [6, 6.07) is 14.8. The highest BCUT2D eigenvalue weighted by Gasteiger charge is 2.22. The Kier molecular flexibility index (Phi) is 10.4. The second-order valence-corrected chi connectivity index (χ2v) is 11.6. The molecule has 2 heterocycles. The van der Waals surface area contributed by atoms with E-state index in [1.54, 1.807) is 16.8 Å². The summed E-state index contributed by atoms with van der Waals surface area (Å²) >= 11 is 12.7. The molecule has 1 N–H and O–H groups in total. The zero-order chi connectivity index (χ0) is 28.7. The van der Waals surface area contributed by atoms with Crippen LogP contribution in [0.1, 0.15) is 70.0 Å². The van der Waals surface area contributed by atoms with E-state index >= 15 is 0 Å². The normalized spacial score (nSPS) is 16.4. The number of hydrogen-bond donors (Lipinski definition) is 1. The molecule has 1 saturated heterocycles. The van der Waals surface area contributed by atoms with Crippen LogP contribution in [0.4, 0.5) is 4.79 Å². The molecule has 0 saturated carbocycles. The first-order valence-electron chi connectivity index (χ1n) is 13.6. The Balaban J connectivity index is 1.45. The molecular formula is C30H37Cl2N3O5. The van der Waals surface area contributed by atoms with E-state index in [9.17, 15) is 4.79 Å². The van der Waals surface area contributed by atoms with Gasteiger partial charge in [-0.15, -0.1) is 0 Å². The molecule has 10 heteroatoms. The number of aromatic nitrogens is 2. The summed E-state index contributed by atoms with van der Waals surface area (Å²) in [6.45, 7) is 9.02. The zero-order valence-electron chi connectivity index (χ0n) is 23.4. The molecule has 216 valence electrons. The summed E-state index contributed by atoms with van der Waals surface area (Å²) in [6.07, 6.45) is 3.12. The van der Waals surface area contributed by atoms with Crippen molar-refractivity contribution in [1.29, 1.82) is 0 Å². The minimum atomic E-state index is -0.599. The number of carbonyl (C=O) groups is 1. The van der Waals surface area contributed by atoms with E-state index in [1.807, 2.05) is 64.1 Å². The largest absolute Gasteiger partial charge is 0.491 e. The lowest BCUT2D eigenvalue weighted by Crippen LogP contribution is -2.34. The van der Waals surface area contributed by atoms with Gasteiger partial charge in [0.05, 0.1) is 29.1 Å². The first kappa shape index (κ1) is 30.2. The fourth-order valence-corrected chi connectivity index (χ4v) is 4.78. The van der Waals surface area contributed by atoms with Gasteiger partial charge in [0.15, 0.2) is 6.29 Å². The first-order chi connectivity index (χ1) is 19.1. The quantitative estimate of drug-likeness (QED) is 0.250. The number of alkyl carbamates (subject to hydrolysis) is 1. The Labute approximate surface area is 245 Å². The number of ether oxygens (including phenoxy) is 4. The van der Waals surface area contributed by atoms with Crippen LogP contribution < -0.4 is 10.1 Å². The predicted molar refractivity (Wildman–Crippen MR) is 156 cm³/mol. The minimum absolute atomic E-state index is 0.120. The monoisotopic (exact) mass is 589 g/mol. The minimum Gasteiger partial charge on any atom is -0.491 e. The topological polar surface area (TPSA) is 83.8 Å². The van der Waals surface area contributed by atoms with Crippen molar-refractivity contribution in [2.45, 2.75) is 71.3 Å². The molecule has 1 aliphatic heterocycles. The van der Waals surface area contributed by atoms with E-state index in [0.717, 1.165) is 42.9 Å². The highest BCUT2D eigenvalue weighted by Crippen LogP contribution is 2.28. The third kappa shape index (κ3) is 8.86. The average Bonchev–Trinajstić information content (AvgIpc) is 3.30. The van der Waals surface area contributed by atoms with Crippen LogP contribution in [0, 0.1) is 0 Å². The van der Waals surface area contributed by atoms with Gasteiger partial charge in [0.1, 0.15) is 18.0 Å². The van der Waals surface area contributed by atoms with Gasteiger partial charge >= 0.3 is 6.09 Å². The molecule has 0 spiro atoms. The smallest absolute Gasteiger partial charge is 0.408 e. The Hall–Kier alpha value is -2.78. The number of benzene rings is 2. The van der Waals surface area contributed by atoms with E-state index in [4.69, 9.17) is 47.2 Å². The van der Waals surface area contributed by atoms with Gasteiger partial charge in [-0.1, -0.05) is 35.3 Å². The number of hydrogen-bond acceptors (Lipinski definition) is 6. The van der Waals surface area contributed by atoms with Gasteiger partial charge in [-0.25, -0.2) is 9.48 Å². The van der Waals surface area contributed by atoms with Gasteiger partial charge in [0, 0.05) is 23.7 Å². The summed E-state index contributed by atoms with van der Waals surface area (Å²) in [7, 11) is 0. The molecule has 1 aromatic heterocycles. The fraction of sp³-hybridized carbons (Fsp3) is 0.467. The van der Waals surface area contributed by atoms with Crippen molar-refractivity contribution in [1.82, 2.24) is 15.1 Å². The van der Waals surface area contributed by atoms with Crippen molar-refractivity contribution in [3.8, 4) is 11.4 Å². The molecule has 0 radical (unpaired) electrons. The summed E-state index contributed by atoms with van der Waals surface area (Å²) in [4.78, 5) is 12.4. The van der Waals surface area contributed by atoms with Gasteiger partial charge in [0.2, 0.25) is 0 Å². The van der Waals surface area contributed by atoms with Gasteiger partial charge in [-0.2, -0.15) is 5.10 Å².